The van der Waals surface area contributed by atoms with E-state index in [0.717, 1.165) is 26.2 Å². The Hall–Kier alpha value is -2.08. The second-order valence-electron chi connectivity index (χ2n) is 5.91. The molecule has 1 saturated heterocycles. The summed E-state index contributed by atoms with van der Waals surface area (Å²) in [5.41, 5.74) is 2.46. The van der Waals surface area contributed by atoms with E-state index in [0.29, 0.717) is 10.7 Å². The van der Waals surface area contributed by atoms with Crippen LogP contribution in [0.5, 0.6) is 0 Å². The Morgan fingerprint density at radius 2 is 1.70 bits per heavy atom. The van der Waals surface area contributed by atoms with Gasteiger partial charge in [0.15, 0.2) is 9.84 Å². The van der Waals surface area contributed by atoms with Gasteiger partial charge in [0, 0.05) is 44.3 Å². The molecule has 0 N–H and O–H groups in total. The Morgan fingerprint density at radius 1 is 1.00 bits per heavy atom. The number of rotatable bonds is 3. The predicted octanol–water partition coefficient (Wildman–Crippen LogP) is 2.12. The highest BCUT2D eigenvalue weighted by Gasteiger charge is 2.23. The van der Waals surface area contributed by atoms with Crippen molar-refractivity contribution >= 4 is 21.3 Å². The molecule has 6 heteroatoms. The summed E-state index contributed by atoms with van der Waals surface area (Å²) in [7, 11) is -3.27. The van der Waals surface area contributed by atoms with Gasteiger partial charge in [-0.1, -0.05) is 12.1 Å². The average molecular weight is 331 g/mol. The molecule has 0 amide bonds. The molecule has 0 unspecified atom stereocenters. The minimum Gasteiger partial charge on any atom is -0.368 e. The number of aromatic nitrogens is 1. The van der Waals surface area contributed by atoms with Crippen molar-refractivity contribution in [1.82, 2.24) is 4.98 Å². The SMILES string of the molecule is Cc1cccc(N2CCN(c3ncccc3S(C)(=O)=O)CC2)c1. The summed E-state index contributed by atoms with van der Waals surface area (Å²) in [6.07, 6.45) is 2.88. The fourth-order valence-electron chi connectivity index (χ4n) is 2.91. The van der Waals surface area contributed by atoms with Gasteiger partial charge < -0.3 is 9.80 Å². The fraction of sp³-hybridized carbons (Fsp3) is 0.353. The average Bonchev–Trinajstić information content (AvgIpc) is 2.54. The van der Waals surface area contributed by atoms with Crippen LogP contribution < -0.4 is 9.80 Å². The van der Waals surface area contributed by atoms with Crippen molar-refractivity contribution in [2.45, 2.75) is 11.8 Å². The largest absolute Gasteiger partial charge is 0.368 e. The van der Waals surface area contributed by atoms with E-state index in [1.54, 1.807) is 18.3 Å². The second kappa shape index (κ2) is 6.20. The van der Waals surface area contributed by atoms with Gasteiger partial charge in [-0.3, -0.25) is 0 Å². The zero-order valence-corrected chi connectivity index (χ0v) is 14.3. The van der Waals surface area contributed by atoms with Gasteiger partial charge in [0.1, 0.15) is 10.7 Å². The Morgan fingerprint density at radius 3 is 2.35 bits per heavy atom. The van der Waals surface area contributed by atoms with E-state index in [1.165, 1.54) is 17.5 Å². The van der Waals surface area contributed by atoms with E-state index < -0.39 is 9.84 Å². The molecule has 0 atom stereocenters. The molecule has 1 aromatic carbocycles. The van der Waals surface area contributed by atoms with Gasteiger partial charge in [-0.15, -0.1) is 0 Å². The van der Waals surface area contributed by atoms with Crippen molar-refractivity contribution in [3.63, 3.8) is 0 Å². The van der Waals surface area contributed by atoms with E-state index in [4.69, 9.17) is 0 Å². The Bertz CT molecular complexity index is 797. The molecule has 1 fully saturated rings. The number of benzene rings is 1. The lowest BCUT2D eigenvalue weighted by atomic mass is 10.2. The van der Waals surface area contributed by atoms with Crippen molar-refractivity contribution in [3.05, 3.63) is 48.2 Å². The zero-order valence-electron chi connectivity index (χ0n) is 13.4. The van der Waals surface area contributed by atoms with Crippen molar-refractivity contribution < 1.29 is 8.42 Å². The molecule has 23 heavy (non-hydrogen) atoms. The monoisotopic (exact) mass is 331 g/mol. The second-order valence-corrected chi connectivity index (χ2v) is 7.89. The molecule has 0 aliphatic carbocycles. The molecule has 0 spiro atoms. The molecule has 122 valence electrons. The van der Waals surface area contributed by atoms with E-state index in [-0.39, 0.29) is 0 Å². The van der Waals surface area contributed by atoms with Crippen LogP contribution in [0.2, 0.25) is 0 Å². The van der Waals surface area contributed by atoms with Gasteiger partial charge in [0.05, 0.1) is 0 Å². The summed E-state index contributed by atoms with van der Waals surface area (Å²) in [5.74, 6) is 0.568. The normalized spacial score (nSPS) is 15.7. The van der Waals surface area contributed by atoms with E-state index in [9.17, 15) is 8.42 Å². The number of nitrogens with zero attached hydrogens (tertiary/aromatic N) is 3. The summed E-state index contributed by atoms with van der Waals surface area (Å²) in [6.45, 7) is 5.30. The zero-order chi connectivity index (χ0) is 16.4. The number of hydrogen-bond acceptors (Lipinski definition) is 5. The van der Waals surface area contributed by atoms with Crippen molar-refractivity contribution in [2.24, 2.45) is 0 Å². The van der Waals surface area contributed by atoms with Gasteiger partial charge in [0.25, 0.3) is 0 Å². The highest BCUT2D eigenvalue weighted by atomic mass is 32.2. The van der Waals surface area contributed by atoms with E-state index in [1.807, 2.05) is 0 Å². The summed E-state index contributed by atoms with van der Waals surface area (Å²) >= 11 is 0. The molecule has 0 saturated carbocycles. The maximum Gasteiger partial charge on any atom is 0.179 e. The molecule has 0 bridgehead atoms. The van der Waals surface area contributed by atoms with E-state index in [2.05, 4.69) is 46.0 Å². The molecule has 3 rings (SSSR count). The third-order valence-electron chi connectivity index (χ3n) is 4.10. The molecule has 5 nitrogen and oxygen atoms in total. The molecule has 1 aliphatic rings. The predicted molar refractivity (Wildman–Crippen MR) is 93.0 cm³/mol. The summed E-state index contributed by atoms with van der Waals surface area (Å²) in [4.78, 5) is 9.00. The number of hydrogen-bond donors (Lipinski definition) is 0. The third-order valence-corrected chi connectivity index (χ3v) is 5.21. The Balaban J connectivity index is 1.78. The van der Waals surface area contributed by atoms with Crippen molar-refractivity contribution in [2.75, 3.05) is 42.2 Å². The molecule has 1 aromatic heterocycles. The van der Waals surface area contributed by atoms with Gasteiger partial charge in [-0.05, 0) is 36.8 Å². The number of anilines is 2. The first kappa shape index (κ1) is 15.8. The quantitative estimate of drug-likeness (QED) is 0.862. The van der Waals surface area contributed by atoms with Crippen molar-refractivity contribution in [3.8, 4) is 0 Å². The number of sulfone groups is 1. The molecule has 2 heterocycles. The van der Waals surface area contributed by atoms with Crippen LogP contribution >= 0.6 is 0 Å². The van der Waals surface area contributed by atoms with Crippen LogP contribution in [0, 0.1) is 6.92 Å². The van der Waals surface area contributed by atoms with Gasteiger partial charge in [-0.2, -0.15) is 0 Å². The first-order chi connectivity index (χ1) is 10.9. The van der Waals surface area contributed by atoms with Crippen LogP contribution in [0.1, 0.15) is 5.56 Å². The highest BCUT2D eigenvalue weighted by molar-refractivity contribution is 7.90. The standard InChI is InChI=1S/C17H21N3O2S/c1-14-5-3-6-15(13-14)19-9-11-20(12-10-19)17-16(23(2,21)22)7-4-8-18-17/h3-8,13H,9-12H2,1-2H3. The topological polar surface area (TPSA) is 53.5 Å². The molecule has 0 radical (unpaired) electrons. The minimum atomic E-state index is -3.27. The van der Waals surface area contributed by atoms with Crippen LogP contribution in [-0.4, -0.2) is 45.8 Å². The molecule has 1 aliphatic heterocycles. The van der Waals surface area contributed by atoms with Crippen LogP contribution in [0.4, 0.5) is 11.5 Å². The third kappa shape index (κ3) is 3.47. The van der Waals surface area contributed by atoms with Crippen LogP contribution in [0.25, 0.3) is 0 Å². The maximum atomic E-state index is 11.9. The molecular formula is C17H21N3O2S. The van der Waals surface area contributed by atoms with Gasteiger partial charge >= 0.3 is 0 Å². The smallest absolute Gasteiger partial charge is 0.179 e. The molecule has 2 aromatic rings. The van der Waals surface area contributed by atoms with Crippen LogP contribution in [-0.2, 0) is 9.84 Å². The summed E-state index contributed by atoms with van der Waals surface area (Å²) in [5, 5.41) is 0. The first-order valence-corrected chi connectivity index (χ1v) is 9.56. The number of aryl methyl sites for hydroxylation is 1. The minimum absolute atomic E-state index is 0.309. The highest BCUT2D eigenvalue weighted by Crippen LogP contribution is 2.25. The van der Waals surface area contributed by atoms with Gasteiger partial charge in [-0.25, -0.2) is 13.4 Å². The lowest BCUT2D eigenvalue weighted by Crippen LogP contribution is -2.47. The lowest BCUT2D eigenvalue weighted by Gasteiger charge is -2.37. The Labute approximate surface area is 137 Å². The summed E-state index contributed by atoms with van der Waals surface area (Å²) < 4.78 is 23.9. The van der Waals surface area contributed by atoms with Crippen LogP contribution in [0.3, 0.4) is 0 Å². The molecular weight excluding hydrogens is 310 g/mol. The number of piperazine rings is 1. The van der Waals surface area contributed by atoms with Crippen molar-refractivity contribution in [1.29, 1.82) is 0 Å². The van der Waals surface area contributed by atoms with Gasteiger partial charge in [0.2, 0.25) is 0 Å². The lowest BCUT2D eigenvalue weighted by molar-refractivity contribution is 0.598. The van der Waals surface area contributed by atoms with Crippen LogP contribution in [0.15, 0.2) is 47.5 Å². The first-order valence-electron chi connectivity index (χ1n) is 7.67. The van der Waals surface area contributed by atoms with E-state index >= 15 is 0 Å². The fourth-order valence-corrected chi connectivity index (χ4v) is 3.75. The number of pyridine rings is 1. The Kier molecular flexibility index (Phi) is 4.26. The summed E-state index contributed by atoms with van der Waals surface area (Å²) in [6, 6.07) is 11.8. The maximum absolute atomic E-state index is 11.9.